The second-order valence-corrected chi connectivity index (χ2v) is 5.91. The highest BCUT2D eigenvalue weighted by Gasteiger charge is 2.32. The van der Waals surface area contributed by atoms with Gasteiger partial charge in [0.1, 0.15) is 0 Å². The number of rotatable bonds is 5. The highest BCUT2D eigenvalue weighted by molar-refractivity contribution is 5.78. The molecule has 0 radical (unpaired) electrons. The average molecular weight is 271 g/mol. The van der Waals surface area contributed by atoms with Gasteiger partial charge in [0.2, 0.25) is 0 Å². The first-order valence-electron chi connectivity index (χ1n) is 7.25. The van der Waals surface area contributed by atoms with E-state index in [2.05, 4.69) is 57.1 Å². The Labute approximate surface area is 121 Å². The molecule has 108 valence electrons. The molecule has 0 saturated heterocycles. The molecule has 0 aliphatic rings. The van der Waals surface area contributed by atoms with Crippen LogP contribution in [0.2, 0.25) is 0 Å². The van der Waals surface area contributed by atoms with E-state index in [-0.39, 0.29) is 11.6 Å². The van der Waals surface area contributed by atoms with Crippen molar-refractivity contribution in [1.29, 1.82) is 0 Å². The van der Waals surface area contributed by atoms with E-state index in [1.165, 1.54) is 5.39 Å². The molecular formula is C17H25N3. The number of hydrogen-bond donors (Lipinski definition) is 1. The fraction of sp³-hybridized carbons (Fsp3) is 0.471. The zero-order chi connectivity index (χ0) is 14.8. The number of pyridine rings is 1. The van der Waals surface area contributed by atoms with E-state index in [0.717, 1.165) is 24.1 Å². The van der Waals surface area contributed by atoms with Gasteiger partial charge < -0.3 is 10.6 Å². The van der Waals surface area contributed by atoms with Crippen molar-refractivity contribution < 1.29 is 0 Å². The molecule has 0 bridgehead atoms. The maximum absolute atomic E-state index is 6.46. The monoisotopic (exact) mass is 271 g/mol. The molecule has 0 fully saturated rings. The smallest absolute Gasteiger partial charge is 0.0705 e. The molecule has 0 saturated carbocycles. The summed E-state index contributed by atoms with van der Waals surface area (Å²) in [6.07, 6.45) is 1.82. The number of nitrogens with zero attached hydrogens (tertiary/aromatic N) is 2. The average Bonchev–Trinajstić information content (AvgIpc) is 2.45. The summed E-state index contributed by atoms with van der Waals surface area (Å²) in [5.74, 6) is 0. The van der Waals surface area contributed by atoms with E-state index in [0.29, 0.717) is 0 Å². The van der Waals surface area contributed by atoms with Crippen LogP contribution in [0.3, 0.4) is 0 Å². The lowest BCUT2D eigenvalue weighted by Crippen LogP contribution is -2.55. The van der Waals surface area contributed by atoms with E-state index in [4.69, 9.17) is 10.7 Å². The first kappa shape index (κ1) is 14.9. The highest BCUT2D eigenvalue weighted by Crippen LogP contribution is 2.22. The zero-order valence-corrected chi connectivity index (χ0v) is 12.9. The molecule has 0 aliphatic carbocycles. The summed E-state index contributed by atoms with van der Waals surface area (Å²) < 4.78 is 0. The van der Waals surface area contributed by atoms with Crippen molar-refractivity contribution in [3.05, 3.63) is 42.1 Å². The summed E-state index contributed by atoms with van der Waals surface area (Å²) >= 11 is 0. The van der Waals surface area contributed by atoms with Crippen LogP contribution in [0.4, 0.5) is 0 Å². The number of fused-ring (bicyclic) bond motifs is 1. The van der Waals surface area contributed by atoms with Crippen LogP contribution >= 0.6 is 0 Å². The molecule has 2 atom stereocenters. The van der Waals surface area contributed by atoms with Crippen LogP contribution in [0.25, 0.3) is 10.9 Å². The molecule has 3 heteroatoms. The minimum atomic E-state index is -0.00662. The summed E-state index contributed by atoms with van der Waals surface area (Å²) in [6, 6.07) is 12.5. The lowest BCUT2D eigenvalue weighted by atomic mass is 9.85. The molecule has 1 aromatic heterocycles. The van der Waals surface area contributed by atoms with Crippen molar-refractivity contribution in [3.8, 4) is 0 Å². The third-order valence-electron chi connectivity index (χ3n) is 4.62. The van der Waals surface area contributed by atoms with Gasteiger partial charge in [-0.25, -0.2) is 0 Å². The van der Waals surface area contributed by atoms with Crippen LogP contribution in [0, 0.1) is 0 Å². The lowest BCUT2D eigenvalue weighted by Gasteiger charge is -2.40. The Morgan fingerprint density at radius 2 is 1.90 bits per heavy atom. The molecule has 1 heterocycles. The zero-order valence-electron chi connectivity index (χ0n) is 12.9. The van der Waals surface area contributed by atoms with Gasteiger partial charge in [-0.1, -0.05) is 31.2 Å². The molecule has 0 spiro atoms. The predicted molar refractivity (Wildman–Crippen MR) is 85.8 cm³/mol. The Kier molecular flexibility index (Phi) is 4.41. The van der Waals surface area contributed by atoms with Crippen LogP contribution in [0.15, 0.2) is 36.4 Å². The topological polar surface area (TPSA) is 42.1 Å². The highest BCUT2D eigenvalue weighted by atomic mass is 15.2. The number of benzene rings is 1. The number of para-hydroxylation sites is 1. The van der Waals surface area contributed by atoms with E-state index >= 15 is 0 Å². The maximum Gasteiger partial charge on any atom is 0.0705 e. The van der Waals surface area contributed by atoms with Gasteiger partial charge in [0.25, 0.3) is 0 Å². The summed E-state index contributed by atoms with van der Waals surface area (Å²) in [6.45, 7) is 4.41. The van der Waals surface area contributed by atoms with Crippen LogP contribution in [-0.4, -0.2) is 35.6 Å². The number of likely N-dealkylation sites (N-methyl/N-ethyl adjacent to an activating group) is 1. The number of aromatic nitrogens is 1. The third-order valence-corrected chi connectivity index (χ3v) is 4.62. The summed E-state index contributed by atoms with van der Waals surface area (Å²) in [7, 11) is 4.19. The minimum Gasteiger partial charge on any atom is -0.326 e. The van der Waals surface area contributed by atoms with Gasteiger partial charge in [-0.15, -0.1) is 0 Å². The van der Waals surface area contributed by atoms with Gasteiger partial charge in [-0.05, 0) is 39.6 Å². The second kappa shape index (κ2) is 5.90. The number of hydrogen-bond acceptors (Lipinski definition) is 3. The Hall–Kier alpha value is -1.45. The van der Waals surface area contributed by atoms with Crippen molar-refractivity contribution in [2.24, 2.45) is 5.73 Å². The maximum atomic E-state index is 6.46. The molecular weight excluding hydrogens is 246 g/mol. The summed E-state index contributed by atoms with van der Waals surface area (Å²) in [4.78, 5) is 6.94. The molecule has 2 rings (SSSR count). The third kappa shape index (κ3) is 2.84. The molecule has 2 aromatic rings. The first-order chi connectivity index (χ1) is 9.47. The summed E-state index contributed by atoms with van der Waals surface area (Å²) in [5, 5.41) is 1.18. The van der Waals surface area contributed by atoms with Crippen LogP contribution < -0.4 is 5.73 Å². The van der Waals surface area contributed by atoms with Crippen LogP contribution in [0.5, 0.6) is 0 Å². The van der Waals surface area contributed by atoms with Gasteiger partial charge in [0, 0.05) is 29.1 Å². The summed E-state index contributed by atoms with van der Waals surface area (Å²) in [5.41, 5.74) is 8.56. The van der Waals surface area contributed by atoms with Gasteiger partial charge >= 0.3 is 0 Å². The molecule has 2 N–H and O–H groups in total. The molecule has 0 amide bonds. The molecule has 3 nitrogen and oxygen atoms in total. The fourth-order valence-corrected chi connectivity index (χ4v) is 2.58. The number of nitrogens with two attached hydrogens (primary N) is 1. The van der Waals surface area contributed by atoms with Crippen LogP contribution in [0.1, 0.15) is 26.0 Å². The quantitative estimate of drug-likeness (QED) is 0.909. The Balaban J connectivity index is 2.23. The molecule has 2 unspecified atom stereocenters. The minimum absolute atomic E-state index is 0.00662. The Morgan fingerprint density at radius 1 is 1.20 bits per heavy atom. The van der Waals surface area contributed by atoms with E-state index < -0.39 is 0 Å². The molecule has 1 aromatic carbocycles. The van der Waals surface area contributed by atoms with E-state index in [9.17, 15) is 0 Å². The van der Waals surface area contributed by atoms with Gasteiger partial charge in [-0.2, -0.15) is 0 Å². The van der Waals surface area contributed by atoms with Gasteiger partial charge in [0.05, 0.1) is 5.52 Å². The second-order valence-electron chi connectivity index (χ2n) is 5.91. The van der Waals surface area contributed by atoms with Crippen molar-refractivity contribution in [2.75, 3.05) is 14.1 Å². The predicted octanol–water partition coefficient (Wildman–Crippen LogP) is 2.83. The van der Waals surface area contributed by atoms with E-state index in [1.807, 2.05) is 12.1 Å². The van der Waals surface area contributed by atoms with Crippen molar-refractivity contribution in [3.63, 3.8) is 0 Å². The normalized spacial score (nSPS) is 16.3. The Morgan fingerprint density at radius 3 is 2.55 bits per heavy atom. The van der Waals surface area contributed by atoms with Crippen LogP contribution in [-0.2, 0) is 6.42 Å². The van der Waals surface area contributed by atoms with Crippen molar-refractivity contribution >= 4 is 10.9 Å². The molecule has 0 aliphatic heterocycles. The molecule has 20 heavy (non-hydrogen) atoms. The van der Waals surface area contributed by atoms with Gasteiger partial charge in [-0.3, -0.25) is 4.98 Å². The first-order valence-corrected chi connectivity index (χ1v) is 7.25. The van der Waals surface area contributed by atoms with Crippen molar-refractivity contribution in [2.45, 2.75) is 38.3 Å². The van der Waals surface area contributed by atoms with Gasteiger partial charge in [0.15, 0.2) is 0 Å². The Bertz CT molecular complexity index is 579. The largest absolute Gasteiger partial charge is 0.326 e. The lowest BCUT2D eigenvalue weighted by molar-refractivity contribution is 0.131. The SMILES string of the molecule is CCC(C)(C(N)Cc1ccc2ccccc2n1)N(C)C. The standard InChI is InChI=1S/C17H25N3/c1-5-17(2,20(3)4)16(18)12-14-11-10-13-8-6-7-9-15(13)19-14/h6-11,16H,5,12,18H2,1-4H3. The van der Waals surface area contributed by atoms with Crippen molar-refractivity contribution in [1.82, 2.24) is 9.88 Å². The fourth-order valence-electron chi connectivity index (χ4n) is 2.58. The van der Waals surface area contributed by atoms with E-state index in [1.54, 1.807) is 0 Å².